The number of aliphatic carboxylic acids is 1. The molecule has 17 heavy (non-hydrogen) atoms. The second kappa shape index (κ2) is 6.00. The number of nitrogens with two attached hydrogens (primary N) is 1. The summed E-state index contributed by atoms with van der Waals surface area (Å²) in [5.41, 5.74) is 3.58. The quantitative estimate of drug-likeness (QED) is 0.622. The van der Waals surface area contributed by atoms with Gasteiger partial charge in [0.25, 0.3) is 0 Å². The van der Waals surface area contributed by atoms with Crippen molar-refractivity contribution < 1.29 is 19.8 Å². The molecule has 0 aromatic heterocycles. The molecule has 0 aliphatic rings. The molecule has 100 valence electrons. The van der Waals surface area contributed by atoms with Crippen LogP contribution in [0.5, 0.6) is 0 Å². The fourth-order valence-corrected chi connectivity index (χ4v) is 2.33. The zero-order valence-corrected chi connectivity index (χ0v) is 10.9. The second-order valence-electron chi connectivity index (χ2n) is 5.46. The molecule has 1 atom stereocenters. The lowest BCUT2D eigenvalue weighted by Crippen LogP contribution is -2.50. The van der Waals surface area contributed by atoms with Crippen molar-refractivity contribution in [3.8, 4) is 0 Å². The molecule has 0 aliphatic heterocycles. The average molecular weight is 245 g/mol. The summed E-state index contributed by atoms with van der Waals surface area (Å²) < 4.78 is 0. The van der Waals surface area contributed by atoms with Gasteiger partial charge < -0.3 is 15.9 Å². The van der Waals surface area contributed by atoms with Gasteiger partial charge in [-0.2, -0.15) is 0 Å². The normalized spacial score (nSPS) is 14.1. The van der Waals surface area contributed by atoms with Gasteiger partial charge in [0.2, 0.25) is 5.91 Å². The number of rotatable bonds is 7. The first-order valence-electron chi connectivity index (χ1n) is 5.84. The Morgan fingerprint density at radius 3 is 1.65 bits per heavy atom. The van der Waals surface area contributed by atoms with E-state index in [9.17, 15) is 19.8 Å². The van der Waals surface area contributed by atoms with Crippen molar-refractivity contribution in [3.05, 3.63) is 0 Å². The van der Waals surface area contributed by atoms with Crippen molar-refractivity contribution >= 4 is 11.9 Å². The topological polar surface area (TPSA) is 101 Å². The summed E-state index contributed by atoms with van der Waals surface area (Å²) in [6.07, 6.45) is -1.19. The second-order valence-corrected chi connectivity index (χ2v) is 5.46. The monoisotopic (exact) mass is 245 g/mol. The van der Waals surface area contributed by atoms with Crippen molar-refractivity contribution in [1.82, 2.24) is 0 Å². The Morgan fingerprint density at radius 1 is 1.12 bits per heavy atom. The summed E-state index contributed by atoms with van der Waals surface area (Å²) in [4.78, 5) is 22.6. The van der Waals surface area contributed by atoms with Gasteiger partial charge in [-0.15, -0.1) is 0 Å². The Kier molecular flexibility index (Phi) is 5.61. The van der Waals surface area contributed by atoms with E-state index in [1.807, 2.05) is 27.7 Å². The molecule has 0 rings (SSSR count). The predicted octanol–water partition coefficient (Wildman–Crippen LogP) is 0.996. The van der Waals surface area contributed by atoms with Crippen LogP contribution in [-0.2, 0) is 9.59 Å². The Hall–Kier alpha value is -1.10. The molecule has 0 radical (unpaired) electrons. The van der Waals surface area contributed by atoms with E-state index < -0.39 is 23.4 Å². The Bertz CT molecular complexity index is 276. The first-order valence-corrected chi connectivity index (χ1v) is 5.84. The first-order chi connectivity index (χ1) is 7.63. The van der Waals surface area contributed by atoms with Gasteiger partial charge in [-0.05, 0) is 24.7 Å². The SMILES string of the molecule is CC(C)CC(CC(C)C)(C(=O)O)C(O)C(N)=O. The number of carboxylic acids is 1. The van der Waals surface area contributed by atoms with Crippen molar-refractivity contribution in [2.24, 2.45) is 23.0 Å². The number of hydrogen-bond donors (Lipinski definition) is 3. The molecule has 4 N–H and O–H groups in total. The zero-order chi connectivity index (χ0) is 13.8. The minimum Gasteiger partial charge on any atom is -0.481 e. The van der Waals surface area contributed by atoms with Gasteiger partial charge >= 0.3 is 5.97 Å². The van der Waals surface area contributed by atoms with Crippen LogP contribution >= 0.6 is 0 Å². The Balaban J connectivity index is 5.38. The fourth-order valence-electron chi connectivity index (χ4n) is 2.33. The lowest BCUT2D eigenvalue weighted by atomic mass is 9.70. The highest BCUT2D eigenvalue weighted by Gasteiger charge is 2.48. The number of aliphatic hydroxyl groups is 1. The van der Waals surface area contributed by atoms with Crippen LogP contribution in [-0.4, -0.2) is 28.2 Å². The van der Waals surface area contributed by atoms with E-state index >= 15 is 0 Å². The van der Waals surface area contributed by atoms with Crippen LogP contribution in [0.25, 0.3) is 0 Å². The van der Waals surface area contributed by atoms with Crippen molar-refractivity contribution in [1.29, 1.82) is 0 Å². The van der Waals surface area contributed by atoms with Gasteiger partial charge in [-0.3, -0.25) is 9.59 Å². The van der Waals surface area contributed by atoms with E-state index in [1.165, 1.54) is 0 Å². The van der Waals surface area contributed by atoms with Crippen LogP contribution < -0.4 is 5.73 Å². The van der Waals surface area contributed by atoms with Crippen LogP contribution in [0.1, 0.15) is 40.5 Å². The molecule has 0 spiro atoms. The average Bonchev–Trinajstić information content (AvgIpc) is 2.13. The van der Waals surface area contributed by atoms with Gasteiger partial charge in [0.15, 0.2) is 0 Å². The maximum absolute atomic E-state index is 11.5. The number of primary amides is 1. The number of hydrogen-bond acceptors (Lipinski definition) is 3. The predicted molar refractivity (Wildman–Crippen MR) is 64.2 cm³/mol. The van der Waals surface area contributed by atoms with Gasteiger partial charge in [-0.25, -0.2) is 0 Å². The molecule has 5 heteroatoms. The van der Waals surface area contributed by atoms with Crippen molar-refractivity contribution in [2.45, 2.75) is 46.6 Å². The molecule has 0 aliphatic carbocycles. The Morgan fingerprint density at radius 2 is 1.47 bits per heavy atom. The minimum absolute atomic E-state index is 0.0545. The van der Waals surface area contributed by atoms with Crippen LogP contribution in [0.15, 0.2) is 0 Å². The number of carbonyl (C=O) groups excluding carboxylic acids is 1. The summed E-state index contributed by atoms with van der Waals surface area (Å²) in [5.74, 6) is -2.03. The third kappa shape index (κ3) is 4.00. The molecule has 0 aromatic rings. The van der Waals surface area contributed by atoms with E-state index in [-0.39, 0.29) is 24.7 Å². The number of amides is 1. The van der Waals surface area contributed by atoms with E-state index in [4.69, 9.17) is 5.73 Å². The molecule has 0 fully saturated rings. The molecular formula is C12H23NO4. The third-order valence-electron chi connectivity index (χ3n) is 2.76. The maximum Gasteiger partial charge on any atom is 0.312 e. The van der Waals surface area contributed by atoms with Crippen molar-refractivity contribution in [3.63, 3.8) is 0 Å². The molecular weight excluding hydrogens is 222 g/mol. The number of carbonyl (C=O) groups is 2. The van der Waals surface area contributed by atoms with Gasteiger partial charge in [-0.1, -0.05) is 27.7 Å². The standard InChI is InChI=1S/C12H23NO4/c1-7(2)5-12(11(16)17,6-8(3)4)9(14)10(13)15/h7-9,14H,5-6H2,1-4H3,(H2,13,15)(H,16,17). The molecule has 0 bridgehead atoms. The number of carboxylic acid groups (broad SMARTS) is 1. The number of aliphatic hydroxyl groups excluding tert-OH is 1. The lowest BCUT2D eigenvalue weighted by Gasteiger charge is -2.35. The van der Waals surface area contributed by atoms with Crippen molar-refractivity contribution in [2.75, 3.05) is 0 Å². The van der Waals surface area contributed by atoms with Crippen LogP contribution in [0.4, 0.5) is 0 Å². The lowest BCUT2D eigenvalue weighted by molar-refractivity contribution is -0.165. The van der Waals surface area contributed by atoms with Crippen LogP contribution in [0.3, 0.4) is 0 Å². The summed E-state index contributed by atoms with van der Waals surface area (Å²) in [6, 6.07) is 0. The van der Waals surface area contributed by atoms with Crippen LogP contribution in [0, 0.1) is 17.3 Å². The molecule has 0 heterocycles. The molecule has 0 saturated carbocycles. The highest BCUT2D eigenvalue weighted by Crippen LogP contribution is 2.37. The molecule has 0 aromatic carbocycles. The van der Waals surface area contributed by atoms with E-state index in [0.717, 1.165) is 0 Å². The van der Waals surface area contributed by atoms with Crippen LogP contribution in [0.2, 0.25) is 0 Å². The third-order valence-corrected chi connectivity index (χ3v) is 2.76. The molecule has 1 unspecified atom stereocenters. The van der Waals surface area contributed by atoms with Gasteiger partial charge in [0, 0.05) is 0 Å². The first kappa shape index (κ1) is 15.9. The fraction of sp³-hybridized carbons (Fsp3) is 0.833. The summed E-state index contributed by atoms with van der Waals surface area (Å²) in [6.45, 7) is 7.41. The summed E-state index contributed by atoms with van der Waals surface area (Å²) in [5, 5.41) is 19.2. The molecule has 1 amide bonds. The highest BCUT2D eigenvalue weighted by molar-refractivity contribution is 5.88. The highest BCUT2D eigenvalue weighted by atomic mass is 16.4. The Labute approximate surface area is 102 Å². The molecule has 5 nitrogen and oxygen atoms in total. The van der Waals surface area contributed by atoms with E-state index in [0.29, 0.717) is 0 Å². The maximum atomic E-state index is 11.5. The van der Waals surface area contributed by atoms with Gasteiger partial charge in [0.1, 0.15) is 11.5 Å². The largest absolute Gasteiger partial charge is 0.481 e. The smallest absolute Gasteiger partial charge is 0.312 e. The summed E-state index contributed by atoms with van der Waals surface area (Å²) >= 11 is 0. The van der Waals surface area contributed by atoms with E-state index in [2.05, 4.69) is 0 Å². The molecule has 0 saturated heterocycles. The summed E-state index contributed by atoms with van der Waals surface area (Å²) in [7, 11) is 0. The minimum atomic E-state index is -1.65. The zero-order valence-electron chi connectivity index (χ0n) is 10.9. The van der Waals surface area contributed by atoms with Gasteiger partial charge in [0.05, 0.1) is 0 Å². The van der Waals surface area contributed by atoms with E-state index in [1.54, 1.807) is 0 Å².